The maximum Gasteiger partial charge on any atom is 0.0479 e. The van der Waals surface area contributed by atoms with Crippen molar-refractivity contribution in [1.82, 2.24) is 0 Å². The molecule has 0 unspecified atom stereocenters. The van der Waals surface area contributed by atoms with Crippen LogP contribution >= 0.6 is 0 Å². The lowest BCUT2D eigenvalue weighted by Crippen LogP contribution is -2.07. The lowest BCUT2D eigenvalue weighted by atomic mass is 9.87. The van der Waals surface area contributed by atoms with Gasteiger partial charge in [-0.15, -0.1) is 6.42 Å². The van der Waals surface area contributed by atoms with Crippen molar-refractivity contribution in [3.8, 4) is 12.3 Å². The third kappa shape index (κ3) is 5.07. The number of unbranched alkanes of at least 4 members (excludes halogenated alkanes) is 2. The van der Waals surface area contributed by atoms with E-state index in [1.54, 1.807) is 11.1 Å². The van der Waals surface area contributed by atoms with Crippen molar-refractivity contribution in [1.29, 1.82) is 0 Å². The maximum atomic E-state index is 5.62. The summed E-state index contributed by atoms with van der Waals surface area (Å²) < 4.78 is 0. The molecule has 0 N–H and O–H groups in total. The summed E-state index contributed by atoms with van der Waals surface area (Å²) in [5.41, 5.74) is 4.43. The molecule has 0 aliphatic carbocycles. The van der Waals surface area contributed by atoms with Gasteiger partial charge in [0.25, 0.3) is 0 Å². The summed E-state index contributed by atoms with van der Waals surface area (Å²) in [5, 5.41) is 0. The Morgan fingerprint density at radius 2 is 2.21 bits per heavy atom. The van der Waals surface area contributed by atoms with Crippen LogP contribution in [0, 0.1) is 18.3 Å². The Morgan fingerprint density at radius 3 is 2.84 bits per heavy atom. The minimum absolute atomic E-state index is 0.252. The fraction of sp³-hybridized carbons (Fsp3) is 0.611. The molecule has 1 rings (SSSR count). The van der Waals surface area contributed by atoms with Gasteiger partial charge in [-0.05, 0) is 38.2 Å². The van der Waals surface area contributed by atoms with Gasteiger partial charge in [0.05, 0.1) is 0 Å². The van der Waals surface area contributed by atoms with E-state index in [1.165, 1.54) is 31.3 Å². The summed E-state index contributed by atoms with van der Waals surface area (Å²) >= 11 is 0. The molecule has 19 heavy (non-hydrogen) atoms. The molecule has 1 atom stereocenters. The Hall–Kier alpha value is -1.29. The first kappa shape index (κ1) is 15.8. The van der Waals surface area contributed by atoms with Gasteiger partial charge in [0, 0.05) is 24.8 Å². The van der Waals surface area contributed by atoms with Crippen LogP contribution in [0.15, 0.2) is 27.9 Å². The number of hydrogen-bond donors (Lipinski definition) is 0. The monoisotopic (exact) mass is 257 g/mol. The maximum absolute atomic E-state index is 5.62. The van der Waals surface area contributed by atoms with Crippen LogP contribution in [-0.2, 0) is 0 Å². The zero-order valence-corrected chi connectivity index (χ0v) is 12.7. The van der Waals surface area contributed by atoms with Gasteiger partial charge in [-0.3, -0.25) is 4.99 Å². The van der Waals surface area contributed by atoms with Gasteiger partial charge < -0.3 is 0 Å². The fourth-order valence-corrected chi connectivity index (χ4v) is 2.54. The highest BCUT2D eigenvalue weighted by molar-refractivity contribution is 5.62. The topological polar surface area (TPSA) is 12.4 Å². The second-order valence-corrected chi connectivity index (χ2v) is 5.36. The molecular weight excluding hydrogens is 230 g/mol. The average molecular weight is 257 g/mol. The van der Waals surface area contributed by atoms with Crippen molar-refractivity contribution in [2.45, 2.75) is 65.7 Å². The van der Waals surface area contributed by atoms with Crippen molar-refractivity contribution in [3.63, 3.8) is 0 Å². The van der Waals surface area contributed by atoms with Gasteiger partial charge in [-0.2, -0.15) is 0 Å². The lowest BCUT2D eigenvalue weighted by Gasteiger charge is -2.18. The van der Waals surface area contributed by atoms with Gasteiger partial charge in [0.1, 0.15) is 0 Å². The van der Waals surface area contributed by atoms with E-state index in [9.17, 15) is 0 Å². The van der Waals surface area contributed by atoms with Crippen LogP contribution in [0.4, 0.5) is 0 Å². The number of aliphatic imine (C=N–C) groups is 1. The largest absolute Gasteiger partial charge is 0.269 e. The van der Waals surface area contributed by atoms with E-state index < -0.39 is 0 Å². The second-order valence-electron chi connectivity index (χ2n) is 5.36. The van der Waals surface area contributed by atoms with Gasteiger partial charge in [-0.1, -0.05) is 43.8 Å². The highest BCUT2D eigenvalue weighted by atomic mass is 14.7. The third-order valence-electron chi connectivity index (χ3n) is 3.94. The predicted molar refractivity (Wildman–Crippen MR) is 85.3 cm³/mol. The normalized spacial score (nSPS) is 19.7. The van der Waals surface area contributed by atoms with E-state index >= 15 is 0 Å². The van der Waals surface area contributed by atoms with Crippen LogP contribution in [0.25, 0.3) is 0 Å². The SMILES string of the molecule is C#C[C@@H]1CC=NC=C1C/C(CC)=C(\C)CCCCC. The van der Waals surface area contributed by atoms with Gasteiger partial charge in [0.15, 0.2) is 0 Å². The minimum atomic E-state index is 0.252. The molecule has 0 bridgehead atoms. The van der Waals surface area contributed by atoms with E-state index in [0.717, 1.165) is 19.3 Å². The molecule has 0 saturated heterocycles. The van der Waals surface area contributed by atoms with E-state index in [0.29, 0.717) is 0 Å². The molecule has 0 aromatic rings. The van der Waals surface area contributed by atoms with Crippen molar-refractivity contribution in [3.05, 3.63) is 22.9 Å². The van der Waals surface area contributed by atoms with Crippen LogP contribution in [0.3, 0.4) is 0 Å². The van der Waals surface area contributed by atoms with E-state index in [-0.39, 0.29) is 5.92 Å². The molecule has 1 aliphatic heterocycles. The summed E-state index contributed by atoms with van der Waals surface area (Å²) in [6.07, 6.45) is 17.7. The number of allylic oxidation sites excluding steroid dienone is 3. The molecule has 1 aliphatic rings. The van der Waals surface area contributed by atoms with Crippen LogP contribution in [0.2, 0.25) is 0 Å². The molecule has 1 nitrogen and oxygen atoms in total. The standard InChI is InChI=1S/C18H27N/c1-5-8-9-10-15(4)17(7-3)13-18-14-19-12-11-16(18)6-2/h2,12,14,16H,5,7-11,13H2,1,3-4H3/b17-15+/t16-/m1/s1. The van der Waals surface area contributed by atoms with E-state index in [1.807, 2.05) is 12.4 Å². The zero-order chi connectivity index (χ0) is 14.1. The van der Waals surface area contributed by atoms with Crippen LogP contribution < -0.4 is 0 Å². The Morgan fingerprint density at radius 1 is 1.42 bits per heavy atom. The Kier molecular flexibility index (Phi) is 7.26. The van der Waals surface area contributed by atoms with Crippen LogP contribution in [0.1, 0.15) is 65.7 Å². The second kappa shape index (κ2) is 8.75. The molecule has 104 valence electrons. The predicted octanol–water partition coefficient (Wildman–Crippen LogP) is 5.29. The summed E-state index contributed by atoms with van der Waals surface area (Å²) in [7, 11) is 0. The first-order valence-corrected chi connectivity index (χ1v) is 7.57. The molecule has 1 heteroatoms. The lowest BCUT2D eigenvalue weighted by molar-refractivity contribution is 0.700. The highest BCUT2D eigenvalue weighted by Gasteiger charge is 2.15. The zero-order valence-electron chi connectivity index (χ0n) is 12.7. The quantitative estimate of drug-likeness (QED) is 0.334. The van der Waals surface area contributed by atoms with Crippen molar-refractivity contribution in [2.75, 3.05) is 0 Å². The molecular formula is C18H27N. The summed E-state index contributed by atoms with van der Waals surface area (Å²) in [5.74, 6) is 3.14. The first-order chi connectivity index (χ1) is 9.22. The molecule has 0 fully saturated rings. The highest BCUT2D eigenvalue weighted by Crippen LogP contribution is 2.28. The van der Waals surface area contributed by atoms with Crippen LogP contribution in [0.5, 0.6) is 0 Å². The fourth-order valence-electron chi connectivity index (χ4n) is 2.54. The number of nitrogens with zero attached hydrogens (tertiary/aromatic N) is 1. The molecule has 0 spiro atoms. The number of terminal acetylenes is 1. The van der Waals surface area contributed by atoms with Gasteiger partial charge in [-0.25, -0.2) is 0 Å². The third-order valence-corrected chi connectivity index (χ3v) is 3.94. The molecule has 0 aromatic carbocycles. The number of rotatable bonds is 7. The number of hydrogen-bond acceptors (Lipinski definition) is 1. The summed E-state index contributed by atoms with van der Waals surface area (Å²) in [6.45, 7) is 6.78. The van der Waals surface area contributed by atoms with E-state index in [4.69, 9.17) is 6.42 Å². The van der Waals surface area contributed by atoms with Crippen molar-refractivity contribution in [2.24, 2.45) is 10.9 Å². The van der Waals surface area contributed by atoms with Gasteiger partial charge >= 0.3 is 0 Å². The first-order valence-electron chi connectivity index (χ1n) is 7.57. The molecule has 0 amide bonds. The molecule has 0 radical (unpaired) electrons. The molecule has 1 heterocycles. The Balaban J connectivity index is 2.70. The Labute approximate surface area is 118 Å². The summed E-state index contributed by atoms with van der Waals surface area (Å²) in [6, 6.07) is 0. The van der Waals surface area contributed by atoms with Crippen LogP contribution in [-0.4, -0.2) is 6.21 Å². The van der Waals surface area contributed by atoms with E-state index in [2.05, 4.69) is 31.7 Å². The average Bonchev–Trinajstić information content (AvgIpc) is 2.45. The van der Waals surface area contributed by atoms with Crippen molar-refractivity contribution < 1.29 is 0 Å². The molecule has 0 aromatic heterocycles. The summed E-state index contributed by atoms with van der Waals surface area (Å²) in [4.78, 5) is 4.27. The smallest absolute Gasteiger partial charge is 0.0479 e. The minimum Gasteiger partial charge on any atom is -0.269 e. The Bertz CT molecular complexity index is 404. The molecule has 0 saturated carbocycles. The van der Waals surface area contributed by atoms with Crippen molar-refractivity contribution >= 4 is 6.21 Å². The van der Waals surface area contributed by atoms with Gasteiger partial charge in [0.2, 0.25) is 0 Å².